The van der Waals surface area contributed by atoms with Crippen molar-refractivity contribution in [2.75, 3.05) is 0 Å². The van der Waals surface area contributed by atoms with Gasteiger partial charge in [0.2, 0.25) is 11.4 Å². The van der Waals surface area contributed by atoms with Crippen LogP contribution in [0.25, 0.3) is 16.9 Å². The SMILES string of the molecule is CCCCCCc1cccc(C2=CC=C(c3cccc(CC)c3)[N+]2=[N-])c1. The highest BCUT2D eigenvalue weighted by molar-refractivity contribution is 5.75. The molecule has 2 aromatic rings. The number of aryl methyl sites for hydroxylation is 2. The maximum absolute atomic E-state index is 10.8. The van der Waals surface area contributed by atoms with Crippen molar-refractivity contribution < 1.29 is 4.70 Å². The van der Waals surface area contributed by atoms with Crippen molar-refractivity contribution in [3.63, 3.8) is 0 Å². The molecule has 0 amide bonds. The lowest BCUT2D eigenvalue weighted by atomic mass is 10.0. The zero-order valence-electron chi connectivity index (χ0n) is 15.9. The van der Waals surface area contributed by atoms with Crippen molar-refractivity contribution in [3.05, 3.63) is 88.5 Å². The molecule has 0 spiro atoms. The smallest absolute Gasteiger partial charge is 0.207 e. The average Bonchev–Trinajstić information content (AvgIpc) is 3.07. The van der Waals surface area contributed by atoms with Gasteiger partial charge in [-0.05, 0) is 54.7 Å². The van der Waals surface area contributed by atoms with Crippen LogP contribution in [-0.4, -0.2) is 4.70 Å². The monoisotopic (exact) mass is 344 g/mol. The molecule has 2 aromatic carbocycles. The zero-order chi connectivity index (χ0) is 18.4. The Labute approximate surface area is 157 Å². The quantitative estimate of drug-likeness (QED) is 0.371. The van der Waals surface area contributed by atoms with Crippen molar-refractivity contribution in [2.24, 2.45) is 0 Å². The Hall–Kier alpha value is -2.48. The Kier molecular flexibility index (Phi) is 6.17. The summed E-state index contributed by atoms with van der Waals surface area (Å²) in [5, 5.41) is 0. The maximum Gasteiger partial charge on any atom is 0.207 e. The molecule has 1 aliphatic heterocycles. The number of rotatable bonds is 8. The van der Waals surface area contributed by atoms with Crippen LogP contribution in [0.1, 0.15) is 61.8 Å². The normalized spacial score (nSPS) is 13.7. The molecule has 2 heteroatoms. The van der Waals surface area contributed by atoms with E-state index in [4.69, 9.17) is 0 Å². The Morgan fingerprint density at radius 2 is 1.38 bits per heavy atom. The van der Waals surface area contributed by atoms with E-state index < -0.39 is 0 Å². The molecule has 0 radical (unpaired) electrons. The fourth-order valence-corrected chi connectivity index (χ4v) is 3.46. The van der Waals surface area contributed by atoms with Crippen LogP contribution in [0.2, 0.25) is 0 Å². The van der Waals surface area contributed by atoms with Crippen LogP contribution in [0, 0.1) is 0 Å². The lowest BCUT2D eigenvalue weighted by Gasteiger charge is -2.10. The Balaban J connectivity index is 1.72. The highest BCUT2D eigenvalue weighted by Gasteiger charge is 2.22. The molecule has 2 nitrogen and oxygen atoms in total. The van der Waals surface area contributed by atoms with Crippen molar-refractivity contribution >= 4 is 11.4 Å². The van der Waals surface area contributed by atoms with Gasteiger partial charge in [-0.25, -0.2) is 4.70 Å². The van der Waals surface area contributed by atoms with Crippen LogP contribution in [0.15, 0.2) is 60.7 Å². The number of hydrogen-bond donors (Lipinski definition) is 0. The summed E-state index contributed by atoms with van der Waals surface area (Å²) in [6.45, 7) is 4.39. The molecule has 0 atom stereocenters. The summed E-state index contributed by atoms with van der Waals surface area (Å²) in [7, 11) is 0. The molecule has 0 saturated heterocycles. The van der Waals surface area contributed by atoms with Crippen molar-refractivity contribution in [3.8, 4) is 0 Å². The van der Waals surface area contributed by atoms with E-state index >= 15 is 0 Å². The molecule has 0 aliphatic carbocycles. The largest absolute Gasteiger partial charge is 0.493 e. The minimum atomic E-state index is 0.837. The van der Waals surface area contributed by atoms with E-state index in [1.165, 1.54) is 41.5 Å². The van der Waals surface area contributed by atoms with E-state index in [0.29, 0.717) is 0 Å². The summed E-state index contributed by atoms with van der Waals surface area (Å²) in [6, 6.07) is 16.9. The number of allylic oxidation sites excluding steroid dienone is 2. The van der Waals surface area contributed by atoms with Gasteiger partial charge in [-0.2, -0.15) is 0 Å². The third-order valence-electron chi connectivity index (χ3n) is 5.03. The molecule has 0 saturated carbocycles. The third kappa shape index (κ3) is 4.19. The number of unbranched alkanes of at least 4 members (excludes halogenated alkanes) is 3. The fourth-order valence-electron chi connectivity index (χ4n) is 3.46. The van der Waals surface area contributed by atoms with Gasteiger partial charge in [-0.15, -0.1) is 0 Å². The molecular formula is C24H28N2. The Morgan fingerprint density at radius 3 is 2.00 bits per heavy atom. The van der Waals surface area contributed by atoms with E-state index in [2.05, 4.69) is 62.4 Å². The van der Waals surface area contributed by atoms with Gasteiger partial charge in [-0.1, -0.05) is 57.4 Å². The highest BCUT2D eigenvalue weighted by atomic mass is 15.2. The summed E-state index contributed by atoms with van der Waals surface area (Å²) < 4.78 is 1.32. The minimum Gasteiger partial charge on any atom is -0.493 e. The molecule has 0 N–H and O–H groups in total. The average molecular weight is 345 g/mol. The second kappa shape index (κ2) is 8.75. The summed E-state index contributed by atoms with van der Waals surface area (Å²) in [5.41, 5.74) is 17.2. The van der Waals surface area contributed by atoms with Gasteiger partial charge in [0, 0.05) is 23.3 Å². The van der Waals surface area contributed by atoms with E-state index in [9.17, 15) is 5.53 Å². The lowest BCUT2D eigenvalue weighted by Crippen LogP contribution is -2.02. The number of hydrogen-bond acceptors (Lipinski definition) is 0. The predicted octanol–water partition coefficient (Wildman–Crippen LogP) is 6.80. The summed E-state index contributed by atoms with van der Waals surface area (Å²) in [6.07, 6.45) is 11.2. The summed E-state index contributed by atoms with van der Waals surface area (Å²) in [4.78, 5) is 0. The molecule has 1 aliphatic rings. The van der Waals surface area contributed by atoms with Crippen LogP contribution in [0.3, 0.4) is 0 Å². The molecule has 0 aromatic heterocycles. The van der Waals surface area contributed by atoms with Crippen molar-refractivity contribution in [2.45, 2.75) is 52.4 Å². The van der Waals surface area contributed by atoms with Crippen LogP contribution in [-0.2, 0) is 12.8 Å². The van der Waals surface area contributed by atoms with Gasteiger partial charge in [0.05, 0.1) is 0 Å². The lowest BCUT2D eigenvalue weighted by molar-refractivity contribution is -0.344. The van der Waals surface area contributed by atoms with Crippen LogP contribution in [0.4, 0.5) is 0 Å². The van der Waals surface area contributed by atoms with Gasteiger partial charge in [0.25, 0.3) is 0 Å². The van der Waals surface area contributed by atoms with E-state index in [0.717, 1.165) is 35.4 Å². The first-order valence-electron chi connectivity index (χ1n) is 9.82. The Morgan fingerprint density at radius 1 is 0.769 bits per heavy atom. The summed E-state index contributed by atoms with van der Waals surface area (Å²) in [5.74, 6) is 0. The zero-order valence-corrected chi connectivity index (χ0v) is 15.9. The second-order valence-corrected chi connectivity index (χ2v) is 6.98. The minimum absolute atomic E-state index is 0.837. The van der Waals surface area contributed by atoms with Crippen LogP contribution >= 0.6 is 0 Å². The number of nitrogens with zero attached hydrogens (tertiary/aromatic N) is 2. The first-order chi connectivity index (χ1) is 12.7. The molecule has 3 rings (SSSR count). The van der Waals surface area contributed by atoms with E-state index in [-0.39, 0.29) is 0 Å². The molecule has 134 valence electrons. The third-order valence-corrected chi connectivity index (χ3v) is 5.03. The van der Waals surface area contributed by atoms with Gasteiger partial charge in [-0.3, -0.25) is 0 Å². The summed E-state index contributed by atoms with van der Waals surface area (Å²) >= 11 is 0. The molecule has 0 bridgehead atoms. The van der Waals surface area contributed by atoms with Crippen LogP contribution in [0.5, 0.6) is 0 Å². The second-order valence-electron chi connectivity index (χ2n) is 6.98. The fraction of sp³-hybridized carbons (Fsp3) is 0.333. The molecular weight excluding hydrogens is 316 g/mol. The highest BCUT2D eigenvalue weighted by Crippen LogP contribution is 2.31. The molecule has 0 fully saturated rings. The maximum atomic E-state index is 10.8. The van der Waals surface area contributed by atoms with E-state index in [1.807, 2.05) is 12.2 Å². The topological polar surface area (TPSA) is 25.3 Å². The van der Waals surface area contributed by atoms with Crippen LogP contribution < -0.4 is 0 Å². The van der Waals surface area contributed by atoms with Gasteiger partial charge in [0.15, 0.2) is 0 Å². The molecule has 0 unspecified atom stereocenters. The van der Waals surface area contributed by atoms with Gasteiger partial charge >= 0.3 is 0 Å². The van der Waals surface area contributed by atoms with Gasteiger partial charge in [0.1, 0.15) is 0 Å². The van der Waals surface area contributed by atoms with Crippen molar-refractivity contribution in [1.29, 1.82) is 0 Å². The molecule has 1 heterocycles. The van der Waals surface area contributed by atoms with Crippen molar-refractivity contribution in [1.82, 2.24) is 0 Å². The number of benzene rings is 2. The standard InChI is InChI=1S/C24H28N2/c1-3-5-6-7-10-20-12-9-14-22(18-20)24-16-15-23(26(24)25)21-13-8-11-19(4-2)17-21/h8-9,11-18H,3-7,10H2,1-2H3. The molecule has 26 heavy (non-hydrogen) atoms. The first-order valence-corrected chi connectivity index (χ1v) is 9.82. The Bertz CT molecular complexity index is 843. The predicted molar refractivity (Wildman–Crippen MR) is 110 cm³/mol. The van der Waals surface area contributed by atoms with E-state index in [1.54, 1.807) is 0 Å². The van der Waals surface area contributed by atoms with Gasteiger partial charge < -0.3 is 5.53 Å². The first kappa shape index (κ1) is 18.3.